The maximum Gasteiger partial charge on any atom is 0.0467 e. The first kappa shape index (κ1) is 28.8. The Morgan fingerprint density at radius 2 is 0.551 bits per heavy atom. The van der Waals surface area contributed by atoms with Crippen LogP contribution in [0, 0.1) is 0 Å². The minimum Gasteiger partial charge on any atom is -0.310 e. The number of hydrogen-bond acceptors (Lipinski definition) is 1. The van der Waals surface area contributed by atoms with Gasteiger partial charge in [0.15, 0.2) is 0 Å². The molecule has 0 bridgehead atoms. The highest BCUT2D eigenvalue weighted by Gasteiger charge is 2.14. The van der Waals surface area contributed by atoms with Crippen molar-refractivity contribution in [3.63, 3.8) is 0 Å². The Labute approximate surface area is 287 Å². The Kier molecular flexibility index (Phi) is 7.22. The first-order chi connectivity index (χ1) is 24.3. The molecule has 0 saturated carbocycles. The lowest BCUT2D eigenvalue weighted by Crippen LogP contribution is -2.09. The van der Waals surface area contributed by atoms with Gasteiger partial charge in [0.25, 0.3) is 0 Å². The maximum absolute atomic E-state index is 2.37. The largest absolute Gasteiger partial charge is 0.310 e. The Balaban J connectivity index is 1.10. The normalized spacial score (nSPS) is 11.3. The van der Waals surface area contributed by atoms with Crippen molar-refractivity contribution in [1.82, 2.24) is 0 Å². The number of fused-ring (bicyclic) bond motifs is 6. The van der Waals surface area contributed by atoms with Crippen LogP contribution in [0.3, 0.4) is 0 Å². The molecule has 0 fully saturated rings. The third kappa shape index (κ3) is 5.32. The number of benzene rings is 9. The summed E-state index contributed by atoms with van der Waals surface area (Å²) in [7, 11) is 0. The van der Waals surface area contributed by atoms with E-state index in [0.717, 1.165) is 17.1 Å². The Morgan fingerprint density at radius 3 is 1.04 bits per heavy atom. The van der Waals surface area contributed by atoms with Crippen molar-refractivity contribution in [3.8, 4) is 33.4 Å². The molecule has 0 saturated heterocycles. The Bertz CT molecular complexity index is 2530. The second-order valence-corrected chi connectivity index (χ2v) is 12.6. The molecule has 0 N–H and O–H groups in total. The van der Waals surface area contributed by atoms with Crippen LogP contribution in [0.1, 0.15) is 0 Å². The van der Waals surface area contributed by atoms with E-state index in [1.54, 1.807) is 0 Å². The molecule has 0 heterocycles. The fourth-order valence-electron chi connectivity index (χ4n) is 7.27. The molecular formula is C48H33N. The molecule has 49 heavy (non-hydrogen) atoms. The third-order valence-electron chi connectivity index (χ3n) is 9.60. The maximum atomic E-state index is 2.37. The van der Waals surface area contributed by atoms with E-state index in [-0.39, 0.29) is 0 Å². The first-order valence-electron chi connectivity index (χ1n) is 16.8. The van der Waals surface area contributed by atoms with Gasteiger partial charge in [-0.25, -0.2) is 0 Å². The summed E-state index contributed by atoms with van der Waals surface area (Å²) in [5.41, 5.74) is 10.6. The van der Waals surface area contributed by atoms with Crippen LogP contribution in [0.15, 0.2) is 200 Å². The highest BCUT2D eigenvalue weighted by Crippen LogP contribution is 2.39. The van der Waals surface area contributed by atoms with Crippen LogP contribution in [0.2, 0.25) is 0 Å². The average Bonchev–Trinajstić information content (AvgIpc) is 3.19. The van der Waals surface area contributed by atoms with E-state index in [1.807, 2.05) is 0 Å². The van der Waals surface area contributed by atoms with E-state index in [4.69, 9.17) is 0 Å². The third-order valence-corrected chi connectivity index (χ3v) is 9.60. The molecule has 0 spiro atoms. The van der Waals surface area contributed by atoms with Crippen LogP contribution in [0.25, 0.3) is 65.7 Å². The molecule has 230 valence electrons. The zero-order valence-electron chi connectivity index (χ0n) is 27.0. The summed E-state index contributed by atoms with van der Waals surface area (Å²) >= 11 is 0. The lowest BCUT2D eigenvalue weighted by Gasteiger charge is -2.26. The van der Waals surface area contributed by atoms with Gasteiger partial charge >= 0.3 is 0 Å². The van der Waals surface area contributed by atoms with Crippen molar-refractivity contribution < 1.29 is 0 Å². The van der Waals surface area contributed by atoms with Crippen LogP contribution in [-0.2, 0) is 0 Å². The molecule has 0 atom stereocenters. The minimum atomic E-state index is 1.12. The molecule has 9 aromatic rings. The summed E-state index contributed by atoms with van der Waals surface area (Å²) in [5.74, 6) is 0. The van der Waals surface area contributed by atoms with Crippen LogP contribution in [0.4, 0.5) is 17.1 Å². The van der Waals surface area contributed by atoms with Crippen LogP contribution in [-0.4, -0.2) is 0 Å². The van der Waals surface area contributed by atoms with Gasteiger partial charge in [-0.2, -0.15) is 0 Å². The monoisotopic (exact) mass is 623 g/mol. The fraction of sp³-hybridized carbons (Fsp3) is 0. The quantitative estimate of drug-likeness (QED) is 0.167. The van der Waals surface area contributed by atoms with E-state index < -0.39 is 0 Å². The number of rotatable bonds is 6. The van der Waals surface area contributed by atoms with Gasteiger partial charge in [-0.15, -0.1) is 0 Å². The second-order valence-electron chi connectivity index (χ2n) is 12.6. The van der Waals surface area contributed by atoms with E-state index in [0.29, 0.717) is 0 Å². The van der Waals surface area contributed by atoms with Crippen molar-refractivity contribution in [2.75, 3.05) is 4.90 Å². The van der Waals surface area contributed by atoms with Gasteiger partial charge in [0.2, 0.25) is 0 Å². The molecule has 0 aromatic heterocycles. The van der Waals surface area contributed by atoms with Gasteiger partial charge in [-0.1, -0.05) is 146 Å². The Hall–Kier alpha value is -6.44. The van der Waals surface area contributed by atoms with Crippen molar-refractivity contribution in [2.24, 2.45) is 0 Å². The predicted octanol–water partition coefficient (Wildman–Crippen LogP) is 13.6. The lowest BCUT2D eigenvalue weighted by molar-refractivity contribution is 1.28. The first-order valence-corrected chi connectivity index (χ1v) is 16.8. The van der Waals surface area contributed by atoms with Crippen molar-refractivity contribution in [2.45, 2.75) is 0 Å². The highest BCUT2D eigenvalue weighted by atomic mass is 15.1. The molecule has 0 unspecified atom stereocenters. The number of anilines is 3. The number of hydrogen-bond donors (Lipinski definition) is 0. The zero-order chi connectivity index (χ0) is 32.6. The summed E-state index contributed by atoms with van der Waals surface area (Å²) < 4.78 is 0. The molecule has 0 aliphatic rings. The van der Waals surface area contributed by atoms with Gasteiger partial charge in [0.1, 0.15) is 0 Å². The van der Waals surface area contributed by atoms with E-state index in [2.05, 4.69) is 205 Å². The smallest absolute Gasteiger partial charge is 0.0467 e. The minimum absolute atomic E-state index is 1.12. The SMILES string of the molecule is c1ccc(N(c2ccccc2)c2cccc(-c3cccc(-c4cccc(-c5ccc6c7ccccc7c7ccccc7c6c5)c4)c3)c2)cc1. The molecular weight excluding hydrogens is 591 g/mol. The number of nitrogens with zero attached hydrogens (tertiary/aromatic N) is 1. The van der Waals surface area contributed by atoms with Gasteiger partial charge in [-0.05, 0) is 120 Å². The zero-order valence-corrected chi connectivity index (χ0v) is 27.0. The summed E-state index contributed by atoms with van der Waals surface area (Å²) in [6, 6.07) is 72.3. The summed E-state index contributed by atoms with van der Waals surface area (Å²) in [6.07, 6.45) is 0. The highest BCUT2D eigenvalue weighted by molar-refractivity contribution is 6.25. The molecule has 9 rings (SSSR count). The van der Waals surface area contributed by atoms with Gasteiger partial charge in [0, 0.05) is 17.1 Å². The second kappa shape index (κ2) is 12.3. The van der Waals surface area contributed by atoms with Gasteiger partial charge in [0.05, 0.1) is 0 Å². The van der Waals surface area contributed by atoms with E-state index in [9.17, 15) is 0 Å². The van der Waals surface area contributed by atoms with Crippen LogP contribution in [0.5, 0.6) is 0 Å². The van der Waals surface area contributed by atoms with E-state index >= 15 is 0 Å². The molecule has 1 nitrogen and oxygen atoms in total. The molecule has 0 aliphatic heterocycles. The van der Waals surface area contributed by atoms with Crippen LogP contribution >= 0.6 is 0 Å². The topological polar surface area (TPSA) is 3.24 Å². The van der Waals surface area contributed by atoms with Crippen molar-refractivity contribution >= 4 is 49.4 Å². The van der Waals surface area contributed by atoms with E-state index in [1.165, 1.54) is 65.7 Å². The fourth-order valence-corrected chi connectivity index (χ4v) is 7.27. The molecule has 1 heteroatoms. The van der Waals surface area contributed by atoms with Crippen molar-refractivity contribution in [1.29, 1.82) is 0 Å². The van der Waals surface area contributed by atoms with Gasteiger partial charge < -0.3 is 4.90 Å². The summed E-state index contributed by atoms with van der Waals surface area (Å²) in [5, 5.41) is 7.78. The predicted molar refractivity (Wildman–Crippen MR) is 210 cm³/mol. The average molecular weight is 624 g/mol. The molecule has 9 aromatic carbocycles. The number of para-hydroxylation sites is 2. The lowest BCUT2D eigenvalue weighted by atomic mass is 9.91. The molecule has 0 aliphatic carbocycles. The van der Waals surface area contributed by atoms with Crippen molar-refractivity contribution in [3.05, 3.63) is 200 Å². The van der Waals surface area contributed by atoms with Crippen LogP contribution < -0.4 is 4.90 Å². The summed E-state index contributed by atoms with van der Waals surface area (Å²) in [4.78, 5) is 2.31. The van der Waals surface area contributed by atoms with Gasteiger partial charge in [-0.3, -0.25) is 0 Å². The molecule has 0 radical (unpaired) electrons. The standard InChI is InChI=1S/C48H33N/c1-3-19-40(20-4-1)49(41-21-5-2-6-22-41)42-23-13-18-38(32-42)36-16-11-14-34(30-36)35-15-12-17-37(31-35)39-28-29-47-45-26-8-7-24-43(45)44-25-9-10-27-46(44)48(47)33-39/h1-33H. The summed E-state index contributed by atoms with van der Waals surface area (Å²) in [6.45, 7) is 0. The molecule has 0 amide bonds. The Morgan fingerprint density at radius 1 is 0.204 bits per heavy atom.